The fourth-order valence-electron chi connectivity index (χ4n) is 2.70. The van der Waals surface area contributed by atoms with Crippen LogP contribution in [-0.2, 0) is 11.2 Å². The van der Waals surface area contributed by atoms with Gasteiger partial charge < -0.3 is 5.32 Å². The number of nitrogens with zero attached hydrogens (tertiary/aromatic N) is 2. The Balaban J connectivity index is 1.72. The van der Waals surface area contributed by atoms with Gasteiger partial charge in [-0.25, -0.2) is 4.98 Å². The van der Waals surface area contributed by atoms with Gasteiger partial charge in [-0.05, 0) is 44.5 Å². The molecular weight excluding hydrogens is 398 g/mol. The molecule has 0 radical (unpaired) electrons. The number of halogens is 1. The molecule has 0 aliphatic heterocycles. The second-order valence-corrected chi connectivity index (χ2v) is 7.69. The van der Waals surface area contributed by atoms with Gasteiger partial charge in [0.2, 0.25) is 5.91 Å². The zero-order valence-corrected chi connectivity index (χ0v) is 16.7. The average molecular weight is 416 g/mol. The Bertz CT molecular complexity index is 913. The first-order valence-electron chi connectivity index (χ1n) is 7.87. The van der Waals surface area contributed by atoms with Gasteiger partial charge in [-0.15, -0.1) is 11.3 Å². The Kier molecular flexibility index (Phi) is 5.30. The standard InChI is InChI=1S/C19H18BrN3OS/c1-11-7-12(2)21-13(3)18(11)23-17(24)9-16-10-25-19(22-16)14-5-4-6-15(20)8-14/h4-8,10H,9H2,1-3H3,(H,23,24). The SMILES string of the molecule is Cc1cc(C)c(NC(=O)Cc2csc(-c3cccc(Br)c3)n2)c(C)n1. The van der Waals surface area contributed by atoms with E-state index in [1.807, 2.05) is 56.5 Å². The van der Waals surface area contributed by atoms with Gasteiger partial charge >= 0.3 is 0 Å². The maximum absolute atomic E-state index is 12.4. The first-order chi connectivity index (χ1) is 11.9. The molecule has 1 N–H and O–H groups in total. The highest BCUT2D eigenvalue weighted by atomic mass is 79.9. The van der Waals surface area contributed by atoms with E-state index < -0.39 is 0 Å². The Hall–Kier alpha value is -2.05. The Morgan fingerprint density at radius 3 is 2.72 bits per heavy atom. The summed E-state index contributed by atoms with van der Waals surface area (Å²) >= 11 is 5.01. The van der Waals surface area contributed by atoms with E-state index in [2.05, 4.69) is 31.2 Å². The predicted molar refractivity (Wildman–Crippen MR) is 106 cm³/mol. The minimum absolute atomic E-state index is 0.0806. The molecule has 128 valence electrons. The molecule has 2 heterocycles. The monoisotopic (exact) mass is 415 g/mol. The highest BCUT2D eigenvalue weighted by Crippen LogP contribution is 2.26. The lowest BCUT2D eigenvalue weighted by molar-refractivity contribution is -0.115. The highest BCUT2D eigenvalue weighted by molar-refractivity contribution is 9.10. The zero-order chi connectivity index (χ0) is 18.0. The first-order valence-corrected chi connectivity index (χ1v) is 9.54. The summed E-state index contributed by atoms with van der Waals surface area (Å²) in [6.07, 6.45) is 0.247. The molecule has 0 unspecified atom stereocenters. The van der Waals surface area contributed by atoms with Crippen LogP contribution in [0.5, 0.6) is 0 Å². The largest absolute Gasteiger partial charge is 0.324 e. The maximum atomic E-state index is 12.4. The Morgan fingerprint density at radius 1 is 1.20 bits per heavy atom. The van der Waals surface area contributed by atoms with Crippen LogP contribution in [0.25, 0.3) is 10.6 Å². The normalized spacial score (nSPS) is 10.7. The molecular formula is C19H18BrN3OS. The van der Waals surface area contributed by atoms with Crippen LogP contribution < -0.4 is 5.32 Å². The number of anilines is 1. The number of carbonyl (C=O) groups is 1. The van der Waals surface area contributed by atoms with Crippen LogP contribution in [0.2, 0.25) is 0 Å². The van der Waals surface area contributed by atoms with Gasteiger partial charge in [-0.1, -0.05) is 28.1 Å². The summed E-state index contributed by atoms with van der Waals surface area (Å²) < 4.78 is 1.01. The number of carbonyl (C=O) groups excluding carboxylic acids is 1. The number of rotatable bonds is 4. The minimum Gasteiger partial charge on any atom is -0.324 e. The van der Waals surface area contributed by atoms with E-state index in [9.17, 15) is 4.79 Å². The van der Waals surface area contributed by atoms with E-state index in [0.717, 1.165) is 43.4 Å². The Morgan fingerprint density at radius 2 is 2.00 bits per heavy atom. The Labute approximate surface area is 159 Å². The van der Waals surface area contributed by atoms with Crippen molar-refractivity contribution in [3.8, 4) is 10.6 Å². The quantitative estimate of drug-likeness (QED) is 0.646. The lowest BCUT2D eigenvalue weighted by Gasteiger charge is -2.11. The summed E-state index contributed by atoms with van der Waals surface area (Å²) in [5, 5.41) is 5.81. The average Bonchev–Trinajstić information content (AvgIpc) is 2.99. The van der Waals surface area contributed by atoms with Crippen molar-refractivity contribution in [1.82, 2.24) is 9.97 Å². The van der Waals surface area contributed by atoms with Gasteiger partial charge in [-0.3, -0.25) is 9.78 Å². The number of nitrogens with one attached hydrogen (secondary N) is 1. The molecule has 0 saturated carbocycles. The van der Waals surface area contributed by atoms with Gasteiger partial charge in [0.25, 0.3) is 0 Å². The molecule has 2 aromatic heterocycles. The second-order valence-electron chi connectivity index (χ2n) is 5.92. The summed E-state index contributed by atoms with van der Waals surface area (Å²) in [5.41, 5.74) is 5.41. The van der Waals surface area contributed by atoms with Crippen molar-refractivity contribution in [1.29, 1.82) is 0 Å². The van der Waals surface area contributed by atoms with Gasteiger partial charge in [0.05, 0.1) is 23.5 Å². The van der Waals surface area contributed by atoms with E-state index in [4.69, 9.17) is 0 Å². The molecule has 0 aliphatic rings. The van der Waals surface area contributed by atoms with Crippen LogP contribution in [0.1, 0.15) is 22.6 Å². The third-order valence-corrected chi connectivity index (χ3v) is 5.19. The third kappa shape index (κ3) is 4.32. The summed E-state index contributed by atoms with van der Waals surface area (Å²) in [6, 6.07) is 9.96. The molecule has 0 bridgehead atoms. The fourth-order valence-corrected chi connectivity index (χ4v) is 3.92. The van der Waals surface area contributed by atoms with Crippen LogP contribution in [-0.4, -0.2) is 15.9 Å². The van der Waals surface area contributed by atoms with E-state index in [-0.39, 0.29) is 12.3 Å². The van der Waals surface area contributed by atoms with Crippen LogP contribution in [0.3, 0.4) is 0 Å². The van der Waals surface area contributed by atoms with Crippen LogP contribution in [0.15, 0.2) is 40.2 Å². The molecule has 3 aromatic rings. The molecule has 6 heteroatoms. The summed E-state index contributed by atoms with van der Waals surface area (Å²) in [4.78, 5) is 21.4. The molecule has 0 fully saturated rings. The topological polar surface area (TPSA) is 54.9 Å². The van der Waals surface area contributed by atoms with Crippen molar-refractivity contribution < 1.29 is 4.79 Å². The summed E-state index contributed by atoms with van der Waals surface area (Å²) in [5.74, 6) is -0.0806. The van der Waals surface area contributed by atoms with Gasteiger partial charge in [0.1, 0.15) is 5.01 Å². The number of thiazole rings is 1. The van der Waals surface area contributed by atoms with Crippen LogP contribution in [0, 0.1) is 20.8 Å². The number of hydrogen-bond donors (Lipinski definition) is 1. The van der Waals surface area contributed by atoms with E-state index >= 15 is 0 Å². The van der Waals surface area contributed by atoms with Crippen molar-refractivity contribution in [2.45, 2.75) is 27.2 Å². The van der Waals surface area contributed by atoms with Crippen molar-refractivity contribution >= 4 is 38.9 Å². The lowest BCUT2D eigenvalue weighted by Crippen LogP contribution is -2.17. The third-order valence-electron chi connectivity index (χ3n) is 3.76. The number of amides is 1. The number of pyridine rings is 1. The van der Waals surface area contributed by atoms with E-state index in [0.29, 0.717) is 0 Å². The molecule has 3 rings (SSSR count). The molecule has 0 spiro atoms. The molecule has 4 nitrogen and oxygen atoms in total. The van der Waals surface area contributed by atoms with Crippen LogP contribution in [0.4, 0.5) is 5.69 Å². The second kappa shape index (κ2) is 7.45. The lowest BCUT2D eigenvalue weighted by atomic mass is 10.1. The maximum Gasteiger partial charge on any atom is 0.230 e. The number of aromatic nitrogens is 2. The smallest absolute Gasteiger partial charge is 0.230 e. The molecule has 0 aliphatic carbocycles. The fraction of sp³-hybridized carbons (Fsp3) is 0.211. The molecule has 1 aromatic carbocycles. The van der Waals surface area contributed by atoms with E-state index in [1.54, 1.807) is 11.3 Å². The summed E-state index contributed by atoms with van der Waals surface area (Å²) in [7, 11) is 0. The molecule has 25 heavy (non-hydrogen) atoms. The van der Waals surface area contributed by atoms with Crippen LogP contribution >= 0.6 is 27.3 Å². The minimum atomic E-state index is -0.0806. The number of hydrogen-bond acceptors (Lipinski definition) is 4. The van der Waals surface area contributed by atoms with Crippen molar-refractivity contribution in [2.24, 2.45) is 0 Å². The highest BCUT2D eigenvalue weighted by Gasteiger charge is 2.12. The van der Waals surface area contributed by atoms with Gasteiger partial charge in [-0.2, -0.15) is 0 Å². The predicted octanol–water partition coefficient (Wildman–Crippen LogP) is 5.07. The molecule has 0 saturated heterocycles. The van der Waals surface area contributed by atoms with Gasteiger partial charge in [0, 0.05) is 21.1 Å². The van der Waals surface area contributed by atoms with Gasteiger partial charge in [0.15, 0.2) is 0 Å². The number of benzene rings is 1. The molecule has 0 atom stereocenters. The summed E-state index contributed by atoms with van der Waals surface area (Å²) in [6.45, 7) is 5.83. The molecule has 1 amide bonds. The first kappa shape index (κ1) is 17.8. The number of aryl methyl sites for hydroxylation is 3. The van der Waals surface area contributed by atoms with Crippen molar-refractivity contribution in [2.75, 3.05) is 5.32 Å². The van der Waals surface area contributed by atoms with Crippen molar-refractivity contribution in [3.63, 3.8) is 0 Å². The van der Waals surface area contributed by atoms with E-state index in [1.165, 1.54) is 0 Å². The van der Waals surface area contributed by atoms with Crippen molar-refractivity contribution in [3.05, 3.63) is 62.8 Å². The zero-order valence-electron chi connectivity index (χ0n) is 14.3.